The maximum Gasteiger partial charge on any atom is 0.224 e. The van der Waals surface area contributed by atoms with E-state index in [1.54, 1.807) is 16.7 Å². The van der Waals surface area contributed by atoms with Crippen LogP contribution in [0.3, 0.4) is 0 Å². The molecule has 0 bridgehead atoms. The highest BCUT2D eigenvalue weighted by molar-refractivity contribution is 6.57. The monoisotopic (exact) mass is 695 g/mol. The zero-order chi connectivity index (χ0) is 37.9. The minimum atomic E-state index is -0.773. The smallest absolute Gasteiger partial charge is 0.224 e. The van der Waals surface area contributed by atoms with Gasteiger partial charge in [-0.25, -0.2) is 0 Å². The van der Waals surface area contributed by atoms with Gasteiger partial charge in [0.05, 0.1) is 24.3 Å². The minimum Gasteiger partial charge on any atom is -0.351 e. The molecule has 3 amide bonds. The highest BCUT2D eigenvalue weighted by atomic mass is 16.5. The molecule has 4 unspecified atom stereocenters. The summed E-state index contributed by atoms with van der Waals surface area (Å²) in [6.45, 7) is 18.7. The van der Waals surface area contributed by atoms with Crippen molar-refractivity contribution in [2.75, 3.05) is 0 Å². The minimum absolute atomic E-state index is 0.0488. The van der Waals surface area contributed by atoms with E-state index in [-0.39, 0.29) is 83.2 Å². The fourth-order valence-corrected chi connectivity index (χ4v) is 8.83. The van der Waals surface area contributed by atoms with Crippen LogP contribution >= 0.6 is 0 Å². The average molecular weight is 696 g/mol. The Morgan fingerprint density at radius 1 is 0.760 bits per heavy atom. The maximum absolute atomic E-state index is 12.8. The SMILES string of the molecule is [B]C(=O)N1[C@@H](CC)[C@@H](CC2CCC(=O)CC2C(=O)NC(C)(C)C)OC1(C)C.[B]C(=O)N1[C@@H](CC)[C@@H](CC2CCC(=O)CC2C(C)=O)OC1(C)C. The van der Waals surface area contributed by atoms with Gasteiger partial charge in [0.15, 0.2) is 11.6 Å². The van der Waals surface area contributed by atoms with Crippen LogP contribution in [-0.2, 0) is 28.7 Å². The van der Waals surface area contributed by atoms with Gasteiger partial charge in [0.2, 0.25) is 21.6 Å². The number of Topliss-reactive ketones (excluding diaryl/α,β-unsaturated/α-hetero) is 3. The predicted octanol–water partition coefficient (Wildman–Crippen LogP) is 5.24. The number of rotatable bonds is 8. The highest BCUT2D eigenvalue weighted by Crippen LogP contribution is 2.42. The average Bonchev–Trinajstić information content (AvgIpc) is 3.40. The van der Waals surface area contributed by atoms with E-state index in [1.165, 1.54) is 0 Å². The first-order valence-electron chi connectivity index (χ1n) is 18.4. The Bertz CT molecular complexity index is 1300. The maximum atomic E-state index is 12.8. The van der Waals surface area contributed by atoms with Crippen molar-refractivity contribution >= 4 is 50.6 Å². The molecule has 2 saturated heterocycles. The van der Waals surface area contributed by atoms with E-state index in [2.05, 4.69) is 5.32 Å². The van der Waals surface area contributed by atoms with E-state index in [0.29, 0.717) is 38.5 Å². The van der Waals surface area contributed by atoms with Crippen molar-refractivity contribution in [3.05, 3.63) is 0 Å². The van der Waals surface area contributed by atoms with E-state index in [1.807, 2.05) is 62.3 Å². The van der Waals surface area contributed by atoms with Crippen LogP contribution in [0.5, 0.6) is 0 Å². The molecule has 276 valence electrons. The summed E-state index contributed by atoms with van der Waals surface area (Å²) in [6.07, 6.45) is 5.48. The van der Waals surface area contributed by atoms with Crippen molar-refractivity contribution in [2.24, 2.45) is 23.7 Å². The van der Waals surface area contributed by atoms with Gasteiger partial charge in [-0.1, -0.05) is 13.8 Å². The summed E-state index contributed by atoms with van der Waals surface area (Å²) < 4.78 is 12.3. The lowest BCUT2D eigenvalue weighted by molar-refractivity contribution is -0.136. The van der Waals surface area contributed by atoms with Crippen LogP contribution in [0.1, 0.15) is 133 Å². The van der Waals surface area contributed by atoms with Gasteiger partial charge >= 0.3 is 0 Å². The molecule has 2 saturated carbocycles. The number of nitrogens with zero attached hydrogens (tertiary/aromatic N) is 2. The summed E-state index contributed by atoms with van der Waals surface area (Å²) in [4.78, 5) is 75.4. The number of carbonyl (C=O) groups excluding carboxylic acids is 6. The van der Waals surface area contributed by atoms with Gasteiger partial charge in [0.25, 0.3) is 0 Å². The molecular formula is C37H59B2N3O8. The Labute approximate surface area is 301 Å². The fraction of sp³-hybridized carbons (Fsp3) is 0.838. The summed E-state index contributed by atoms with van der Waals surface area (Å²) in [5, 5.41) is 3.02. The van der Waals surface area contributed by atoms with Crippen LogP contribution in [0.25, 0.3) is 0 Å². The third-order valence-corrected chi connectivity index (χ3v) is 10.9. The Morgan fingerprint density at radius 2 is 1.14 bits per heavy atom. The summed E-state index contributed by atoms with van der Waals surface area (Å²) in [7, 11) is 11.1. The molecule has 4 aliphatic rings. The van der Waals surface area contributed by atoms with Gasteiger partial charge in [-0.15, -0.1) is 0 Å². The van der Waals surface area contributed by atoms with E-state index >= 15 is 0 Å². The molecule has 4 radical (unpaired) electrons. The predicted molar refractivity (Wildman–Crippen MR) is 192 cm³/mol. The number of ketones is 3. The molecule has 4 rings (SSSR count). The van der Waals surface area contributed by atoms with Crippen LogP contribution in [0, 0.1) is 23.7 Å². The molecule has 0 aromatic rings. The van der Waals surface area contributed by atoms with Crippen LogP contribution in [0.15, 0.2) is 0 Å². The lowest BCUT2D eigenvalue weighted by atomic mass is 9.73. The second-order valence-corrected chi connectivity index (χ2v) is 16.7. The van der Waals surface area contributed by atoms with Gasteiger partial charge in [0.1, 0.15) is 28.8 Å². The Kier molecular flexibility index (Phi) is 13.8. The van der Waals surface area contributed by atoms with Crippen molar-refractivity contribution in [2.45, 2.75) is 175 Å². The van der Waals surface area contributed by atoms with Crippen molar-refractivity contribution in [3.63, 3.8) is 0 Å². The van der Waals surface area contributed by atoms with Crippen molar-refractivity contribution in [3.8, 4) is 0 Å². The quantitative estimate of drug-likeness (QED) is 0.341. The first-order valence-corrected chi connectivity index (χ1v) is 18.4. The number of carbonyl (C=O) groups is 6. The van der Waals surface area contributed by atoms with E-state index in [0.717, 1.165) is 19.3 Å². The number of amides is 3. The molecule has 2 aliphatic heterocycles. The Morgan fingerprint density at radius 3 is 1.48 bits per heavy atom. The third kappa shape index (κ3) is 10.1. The van der Waals surface area contributed by atoms with Gasteiger partial charge in [-0.05, 0) is 106 Å². The topological polar surface area (TPSA) is 139 Å². The molecule has 2 heterocycles. The third-order valence-electron chi connectivity index (χ3n) is 10.9. The van der Waals surface area contributed by atoms with Gasteiger partial charge in [-0.2, -0.15) is 0 Å². The van der Waals surface area contributed by atoms with E-state index < -0.39 is 23.1 Å². The van der Waals surface area contributed by atoms with E-state index in [4.69, 9.17) is 25.2 Å². The lowest BCUT2D eigenvalue weighted by Crippen LogP contribution is -2.49. The molecular weight excluding hydrogens is 636 g/mol. The first kappa shape index (κ1) is 41.9. The van der Waals surface area contributed by atoms with Crippen molar-refractivity contribution in [1.29, 1.82) is 0 Å². The zero-order valence-electron chi connectivity index (χ0n) is 32.0. The van der Waals surface area contributed by atoms with Crippen LogP contribution < -0.4 is 5.32 Å². The van der Waals surface area contributed by atoms with Gasteiger partial charge in [-0.3, -0.25) is 28.8 Å². The second kappa shape index (κ2) is 16.4. The number of nitrogens with one attached hydrogen (secondary N) is 1. The van der Waals surface area contributed by atoms with Crippen LogP contribution in [-0.4, -0.2) is 102 Å². The molecule has 11 nitrogen and oxygen atoms in total. The van der Waals surface area contributed by atoms with Crippen LogP contribution in [0.4, 0.5) is 9.59 Å². The Balaban J connectivity index is 0.000000274. The molecule has 13 heteroatoms. The lowest BCUT2D eigenvalue weighted by Gasteiger charge is -2.35. The Hall–Kier alpha value is -2.53. The fourth-order valence-electron chi connectivity index (χ4n) is 8.83. The summed E-state index contributed by atoms with van der Waals surface area (Å²) in [6, 6.07) is -0.214. The van der Waals surface area contributed by atoms with Crippen molar-refractivity contribution < 1.29 is 38.2 Å². The molecule has 8 atom stereocenters. The molecule has 0 spiro atoms. The van der Waals surface area contributed by atoms with Gasteiger partial charge < -0.3 is 24.6 Å². The first-order chi connectivity index (χ1) is 23.0. The van der Waals surface area contributed by atoms with Gasteiger partial charge in [0, 0.05) is 43.1 Å². The number of hydrogen-bond donors (Lipinski definition) is 1. The number of ether oxygens (including phenoxy) is 2. The summed E-state index contributed by atoms with van der Waals surface area (Å²) in [5.41, 5.74) is -1.86. The largest absolute Gasteiger partial charge is 0.351 e. The highest BCUT2D eigenvalue weighted by Gasteiger charge is 2.50. The summed E-state index contributed by atoms with van der Waals surface area (Å²) >= 11 is 0. The molecule has 1 N–H and O–H groups in total. The second-order valence-electron chi connectivity index (χ2n) is 16.7. The molecule has 50 heavy (non-hydrogen) atoms. The molecule has 2 aliphatic carbocycles. The molecule has 0 aromatic carbocycles. The number of hydrogen-bond acceptors (Lipinski definition) is 8. The zero-order valence-corrected chi connectivity index (χ0v) is 32.0. The van der Waals surface area contributed by atoms with Crippen LogP contribution in [0.2, 0.25) is 0 Å². The molecule has 0 aromatic heterocycles. The normalized spacial score (nSPS) is 32.3. The van der Waals surface area contributed by atoms with E-state index in [9.17, 15) is 28.8 Å². The molecule has 4 fully saturated rings. The van der Waals surface area contributed by atoms with Crippen molar-refractivity contribution in [1.82, 2.24) is 15.1 Å². The summed E-state index contributed by atoms with van der Waals surface area (Å²) in [5.74, 6) is -1.06. The standard InChI is InChI=1S/C20H33BN2O4.C17H26BNO4/c1-7-15-16(27-20(5,6)23(15)18(21)26)10-12-8-9-13(24)11-14(12)17(25)22-19(2,3)4;1-5-14-15(23-17(3,4)19(14)16(18)22)8-11-6-7-12(21)9-13(11)10(2)20/h12,14-16H,7-11H2,1-6H3,(H,22,25);11,13-15H,5-9H2,1-4H3/t12?,14?,15-,16+;11?,13?,14-,15+/m00/s1.